The molecule has 1 amide bonds. The summed E-state index contributed by atoms with van der Waals surface area (Å²) >= 11 is 0. The van der Waals surface area contributed by atoms with Gasteiger partial charge in [0.1, 0.15) is 0 Å². The predicted molar refractivity (Wildman–Crippen MR) is 102 cm³/mol. The average molecular weight is 367 g/mol. The third-order valence-corrected chi connectivity index (χ3v) is 3.72. The van der Waals surface area contributed by atoms with Gasteiger partial charge in [-0.3, -0.25) is 4.79 Å². The van der Waals surface area contributed by atoms with Crippen LogP contribution in [-0.4, -0.2) is 31.1 Å². The predicted octanol–water partition coefficient (Wildman–Crippen LogP) is 3.37. The number of nitrogens with one attached hydrogen (secondary N) is 1. The first-order chi connectivity index (χ1) is 12.9. The fourth-order valence-corrected chi connectivity index (χ4v) is 2.16. The maximum Gasteiger partial charge on any atom is 0.337 e. The van der Waals surface area contributed by atoms with Gasteiger partial charge in [-0.2, -0.15) is 0 Å². The van der Waals surface area contributed by atoms with E-state index in [9.17, 15) is 14.4 Å². The SMILES string of the molecule is COC(=O)c1ccc(/C=C/C(=O)O[C@@H](C)C(=O)Nc2ccc(C)cc2)cc1. The smallest absolute Gasteiger partial charge is 0.337 e. The number of rotatable bonds is 6. The third-order valence-electron chi connectivity index (χ3n) is 3.72. The van der Waals surface area contributed by atoms with Gasteiger partial charge in [0.25, 0.3) is 5.91 Å². The summed E-state index contributed by atoms with van der Waals surface area (Å²) < 4.78 is 9.72. The van der Waals surface area contributed by atoms with Crippen molar-refractivity contribution in [3.8, 4) is 0 Å². The summed E-state index contributed by atoms with van der Waals surface area (Å²) in [5.74, 6) is -1.49. The molecule has 27 heavy (non-hydrogen) atoms. The molecule has 0 aliphatic rings. The standard InChI is InChI=1S/C21H21NO5/c1-14-4-11-18(12-5-14)22-20(24)15(2)27-19(23)13-8-16-6-9-17(10-7-16)21(25)26-3/h4-13,15H,1-3H3,(H,22,24)/b13-8+/t15-/m0/s1. The van der Waals surface area contributed by atoms with Crippen molar-refractivity contribution in [3.05, 3.63) is 71.3 Å². The molecular weight excluding hydrogens is 346 g/mol. The Morgan fingerprint density at radius 3 is 2.22 bits per heavy atom. The van der Waals surface area contributed by atoms with E-state index in [0.717, 1.165) is 5.56 Å². The van der Waals surface area contributed by atoms with Crippen LogP contribution in [0.5, 0.6) is 0 Å². The zero-order valence-electron chi connectivity index (χ0n) is 15.4. The van der Waals surface area contributed by atoms with Crippen LogP contribution in [0, 0.1) is 6.92 Å². The Kier molecular flexibility index (Phi) is 6.88. The van der Waals surface area contributed by atoms with Gasteiger partial charge in [-0.15, -0.1) is 0 Å². The quantitative estimate of drug-likeness (QED) is 0.625. The number of carbonyl (C=O) groups is 3. The number of hydrogen-bond donors (Lipinski definition) is 1. The molecule has 2 rings (SSSR count). The van der Waals surface area contributed by atoms with Crippen LogP contribution in [0.3, 0.4) is 0 Å². The molecule has 0 saturated carbocycles. The maximum atomic E-state index is 12.1. The fraction of sp³-hybridized carbons (Fsp3) is 0.190. The van der Waals surface area contributed by atoms with Gasteiger partial charge in [0.05, 0.1) is 12.7 Å². The Balaban J connectivity index is 1.88. The molecular formula is C21H21NO5. The fourth-order valence-electron chi connectivity index (χ4n) is 2.16. The number of aryl methyl sites for hydroxylation is 1. The number of benzene rings is 2. The van der Waals surface area contributed by atoms with Crippen molar-refractivity contribution in [2.24, 2.45) is 0 Å². The molecule has 0 heterocycles. The maximum absolute atomic E-state index is 12.1. The molecule has 2 aromatic carbocycles. The van der Waals surface area contributed by atoms with Gasteiger partial charge in [-0.1, -0.05) is 29.8 Å². The van der Waals surface area contributed by atoms with Crippen LogP contribution in [0.25, 0.3) is 6.08 Å². The van der Waals surface area contributed by atoms with Gasteiger partial charge in [-0.25, -0.2) is 9.59 Å². The van der Waals surface area contributed by atoms with Crippen molar-refractivity contribution in [2.75, 3.05) is 12.4 Å². The lowest BCUT2D eigenvalue weighted by molar-refractivity contribution is -0.148. The highest BCUT2D eigenvalue weighted by molar-refractivity contribution is 5.96. The zero-order chi connectivity index (χ0) is 19.8. The number of hydrogen-bond acceptors (Lipinski definition) is 5. The van der Waals surface area contributed by atoms with Crippen molar-refractivity contribution in [3.63, 3.8) is 0 Å². The van der Waals surface area contributed by atoms with Crippen LogP contribution in [-0.2, 0) is 19.1 Å². The molecule has 6 nitrogen and oxygen atoms in total. The lowest BCUT2D eigenvalue weighted by Crippen LogP contribution is -2.29. The first-order valence-electron chi connectivity index (χ1n) is 8.33. The largest absolute Gasteiger partial charge is 0.465 e. The molecule has 0 aliphatic heterocycles. The first kappa shape index (κ1) is 19.9. The highest BCUT2D eigenvalue weighted by atomic mass is 16.5. The summed E-state index contributed by atoms with van der Waals surface area (Å²) in [5, 5.41) is 2.69. The minimum Gasteiger partial charge on any atom is -0.465 e. The van der Waals surface area contributed by atoms with Crippen LogP contribution in [0.4, 0.5) is 5.69 Å². The second-order valence-electron chi connectivity index (χ2n) is 5.88. The summed E-state index contributed by atoms with van der Waals surface area (Å²) in [6.07, 6.45) is 1.82. The minimum absolute atomic E-state index is 0.414. The summed E-state index contributed by atoms with van der Waals surface area (Å²) in [7, 11) is 1.31. The Morgan fingerprint density at radius 2 is 1.63 bits per heavy atom. The molecule has 140 valence electrons. The Labute approximate surface area is 157 Å². The van der Waals surface area contributed by atoms with E-state index in [2.05, 4.69) is 10.1 Å². The zero-order valence-corrected chi connectivity index (χ0v) is 15.4. The molecule has 0 saturated heterocycles. The summed E-state index contributed by atoms with van der Waals surface area (Å²) in [4.78, 5) is 35.3. The molecule has 1 atom stereocenters. The number of methoxy groups -OCH3 is 1. The van der Waals surface area contributed by atoms with Crippen molar-refractivity contribution >= 4 is 29.6 Å². The lowest BCUT2D eigenvalue weighted by atomic mass is 10.1. The van der Waals surface area contributed by atoms with Crippen molar-refractivity contribution in [2.45, 2.75) is 20.0 Å². The van der Waals surface area contributed by atoms with E-state index < -0.39 is 23.9 Å². The highest BCUT2D eigenvalue weighted by Gasteiger charge is 2.16. The first-order valence-corrected chi connectivity index (χ1v) is 8.33. The molecule has 1 N–H and O–H groups in total. The van der Waals surface area contributed by atoms with Crippen LogP contribution >= 0.6 is 0 Å². The Hall–Kier alpha value is -3.41. The van der Waals surface area contributed by atoms with E-state index >= 15 is 0 Å². The van der Waals surface area contributed by atoms with Gasteiger partial charge < -0.3 is 14.8 Å². The molecule has 0 spiro atoms. The molecule has 0 fully saturated rings. The number of anilines is 1. The Bertz CT molecular complexity index is 838. The van der Waals surface area contributed by atoms with E-state index in [4.69, 9.17) is 4.74 Å². The van der Waals surface area contributed by atoms with E-state index in [0.29, 0.717) is 16.8 Å². The topological polar surface area (TPSA) is 81.7 Å². The van der Waals surface area contributed by atoms with E-state index in [1.807, 2.05) is 19.1 Å². The van der Waals surface area contributed by atoms with Crippen LogP contribution in [0.1, 0.15) is 28.4 Å². The normalized spacial score (nSPS) is 11.7. The highest BCUT2D eigenvalue weighted by Crippen LogP contribution is 2.10. The molecule has 0 bridgehead atoms. The monoisotopic (exact) mass is 367 g/mol. The van der Waals surface area contributed by atoms with Gasteiger partial charge >= 0.3 is 11.9 Å². The number of esters is 2. The minimum atomic E-state index is -0.940. The van der Waals surface area contributed by atoms with Crippen LogP contribution < -0.4 is 5.32 Å². The van der Waals surface area contributed by atoms with Crippen LogP contribution in [0.2, 0.25) is 0 Å². The van der Waals surface area contributed by atoms with Gasteiger partial charge in [0, 0.05) is 11.8 Å². The Morgan fingerprint density at radius 1 is 1.00 bits per heavy atom. The number of carbonyl (C=O) groups excluding carboxylic acids is 3. The summed E-state index contributed by atoms with van der Waals surface area (Å²) in [6.45, 7) is 3.45. The third kappa shape index (κ3) is 6.11. The molecule has 0 radical (unpaired) electrons. The molecule has 0 aliphatic carbocycles. The van der Waals surface area contributed by atoms with Gasteiger partial charge in [0.2, 0.25) is 0 Å². The molecule has 0 aromatic heterocycles. The lowest BCUT2D eigenvalue weighted by Gasteiger charge is -2.12. The summed E-state index contributed by atoms with van der Waals surface area (Å²) in [5.41, 5.74) is 2.84. The second kappa shape index (κ2) is 9.33. The average Bonchev–Trinajstić information content (AvgIpc) is 2.67. The van der Waals surface area contributed by atoms with Crippen molar-refractivity contribution in [1.82, 2.24) is 0 Å². The van der Waals surface area contributed by atoms with E-state index in [1.165, 1.54) is 26.2 Å². The molecule has 6 heteroatoms. The van der Waals surface area contributed by atoms with Gasteiger partial charge in [0.15, 0.2) is 6.10 Å². The van der Waals surface area contributed by atoms with Crippen LogP contribution in [0.15, 0.2) is 54.6 Å². The number of amides is 1. The van der Waals surface area contributed by atoms with E-state index in [1.54, 1.807) is 36.4 Å². The van der Waals surface area contributed by atoms with Crippen molar-refractivity contribution < 1.29 is 23.9 Å². The van der Waals surface area contributed by atoms with Gasteiger partial charge in [-0.05, 0) is 49.8 Å². The van der Waals surface area contributed by atoms with E-state index in [-0.39, 0.29) is 0 Å². The summed E-state index contributed by atoms with van der Waals surface area (Å²) in [6, 6.07) is 13.8. The molecule has 0 unspecified atom stereocenters. The second-order valence-corrected chi connectivity index (χ2v) is 5.88. The number of ether oxygens (including phenoxy) is 2. The van der Waals surface area contributed by atoms with Crippen molar-refractivity contribution in [1.29, 1.82) is 0 Å². The molecule has 2 aromatic rings.